The fourth-order valence-corrected chi connectivity index (χ4v) is 3.51. The van der Waals surface area contributed by atoms with Gasteiger partial charge in [0.15, 0.2) is 11.5 Å². The van der Waals surface area contributed by atoms with Gasteiger partial charge in [-0.25, -0.2) is 14.7 Å². The Bertz CT molecular complexity index is 1200. The van der Waals surface area contributed by atoms with Gasteiger partial charge in [-0.3, -0.25) is 10.2 Å². The van der Waals surface area contributed by atoms with Gasteiger partial charge in [-0.1, -0.05) is 71.1 Å². The van der Waals surface area contributed by atoms with Crippen LogP contribution in [-0.4, -0.2) is 43.0 Å². The summed E-state index contributed by atoms with van der Waals surface area (Å²) < 4.78 is 1.55. The zero-order valence-electron chi connectivity index (χ0n) is 15.8. The van der Waals surface area contributed by atoms with Crippen molar-refractivity contribution in [1.29, 1.82) is 5.41 Å². The maximum Gasteiger partial charge on any atom is 0.288 e. The van der Waals surface area contributed by atoms with E-state index in [9.17, 15) is 4.79 Å². The Morgan fingerprint density at radius 1 is 0.967 bits per heavy atom. The number of aromatic nitrogens is 3. The molecule has 0 radical (unpaired) electrons. The molecule has 0 saturated heterocycles. The molecule has 5 rings (SSSR count). The molecule has 2 aromatic carbocycles. The van der Waals surface area contributed by atoms with Crippen molar-refractivity contribution in [3.63, 3.8) is 0 Å². The van der Waals surface area contributed by atoms with E-state index in [1.165, 1.54) is 5.01 Å². The minimum absolute atomic E-state index is 0.110. The number of nitrogens with two attached hydrogens (primary N) is 1. The lowest BCUT2D eigenvalue weighted by molar-refractivity contribution is -0.130. The Labute approximate surface area is 171 Å². The number of fused-ring (bicyclic) bond motifs is 1. The van der Waals surface area contributed by atoms with E-state index >= 15 is 0 Å². The van der Waals surface area contributed by atoms with Gasteiger partial charge in [0.25, 0.3) is 11.4 Å². The van der Waals surface area contributed by atoms with E-state index in [4.69, 9.17) is 11.1 Å². The van der Waals surface area contributed by atoms with Crippen LogP contribution >= 0.6 is 0 Å². The van der Waals surface area contributed by atoms with Crippen molar-refractivity contribution in [1.82, 2.24) is 20.0 Å². The predicted octanol–water partition coefficient (Wildman–Crippen LogP) is 1.84. The molecule has 1 atom stereocenters. The van der Waals surface area contributed by atoms with Crippen molar-refractivity contribution in [3.8, 4) is 0 Å². The summed E-state index contributed by atoms with van der Waals surface area (Å²) in [6, 6.07) is 19.1. The Kier molecular flexibility index (Phi) is 3.98. The Balaban J connectivity index is 1.46. The second-order valence-corrected chi connectivity index (χ2v) is 7.03. The van der Waals surface area contributed by atoms with Crippen LogP contribution in [0.3, 0.4) is 0 Å². The second kappa shape index (κ2) is 6.69. The number of carbonyl (C=O) groups is 1. The zero-order chi connectivity index (χ0) is 20.7. The highest BCUT2D eigenvalue weighted by atomic mass is 16.2. The molecule has 10 nitrogen and oxygen atoms in total. The van der Waals surface area contributed by atoms with Crippen molar-refractivity contribution in [2.75, 3.05) is 0 Å². The number of nitrogens with one attached hydrogen (secondary N) is 1. The minimum atomic E-state index is -1.80. The van der Waals surface area contributed by atoms with Gasteiger partial charge in [-0.2, -0.15) is 0 Å². The van der Waals surface area contributed by atoms with Crippen molar-refractivity contribution >= 4 is 23.3 Å². The van der Waals surface area contributed by atoms with Crippen molar-refractivity contribution in [2.45, 2.75) is 18.6 Å². The smallest absolute Gasteiger partial charge is 0.288 e. The summed E-state index contributed by atoms with van der Waals surface area (Å²) in [5.74, 6) is -0.307. The molecule has 0 aliphatic carbocycles. The van der Waals surface area contributed by atoms with Gasteiger partial charge in [0.1, 0.15) is 11.5 Å². The first-order valence-electron chi connectivity index (χ1n) is 9.30. The van der Waals surface area contributed by atoms with Gasteiger partial charge < -0.3 is 5.73 Å². The molecular weight excluding hydrogens is 382 g/mol. The number of carbonyl (C=O) groups excluding carboxylic acids is 1. The average molecular weight is 399 g/mol. The molecular formula is C20H17N9O. The normalized spacial score (nSPS) is 20.0. The molecule has 0 fully saturated rings. The number of amides is 1. The summed E-state index contributed by atoms with van der Waals surface area (Å²) in [6.45, 7) is 0.634. The van der Waals surface area contributed by atoms with Gasteiger partial charge in [0.2, 0.25) is 0 Å². The molecule has 0 saturated carbocycles. The third kappa shape index (κ3) is 2.61. The Morgan fingerprint density at radius 3 is 2.27 bits per heavy atom. The summed E-state index contributed by atoms with van der Waals surface area (Å²) in [5.41, 5.74) is 6.27. The SMILES string of the molecule is N=C1c2nnn(Cc3ccccc3)c2N=C(N)C12N=NN(Cc1ccccc1)C2=O. The molecule has 10 heteroatoms. The van der Waals surface area contributed by atoms with Gasteiger partial charge >= 0.3 is 0 Å². The topological polar surface area (TPSA) is 138 Å². The average Bonchev–Trinajstić information content (AvgIpc) is 3.31. The van der Waals surface area contributed by atoms with Crippen LogP contribution in [0.5, 0.6) is 0 Å². The van der Waals surface area contributed by atoms with E-state index in [1.54, 1.807) is 4.68 Å². The van der Waals surface area contributed by atoms with Crippen LogP contribution in [0, 0.1) is 5.41 Å². The quantitative estimate of drug-likeness (QED) is 0.691. The minimum Gasteiger partial charge on any atom is -0.384 e. The summed E-state index contributed by atoms with van der Waals surface area (Å²) in [5, 5.41) is 26.1. The largest absolute Gasteiger partial charge is 0.384 e. The van der Waals surface area contributed by atoms with Crippen LogP contribution in [-0.2, 0) is 17.9 Å². The fraction of sp³-hybridized carbons (Fsp3) is 0.150. The first-order chi connectivity index (χ1) is 14.6. The molecule has 1 unspecified atom stereocenters. The van der Waals surface area contributed by atoms with Crippen molar-refractivity contribution in [3.05, 3.63) is 77.5 Å². The highest BCUT2D eigenvalue weighted by Crippen LogP contribution is 2.36. The summed E-state index contributed by atoms with van der Waals surface area (Å²) in [7, 11) is 0. The van der Waals surface area contributed by atoms with E-state index in [2.05, 4.69) is 25.6 Å². The molecule has 2 aliphatic rings. The van der Waals surface area contributed by atoms with Crippen molar-refractivity contribution in [2.24, 2.45) is 21.1 Å². The number of benzene rings is 2. The standard InChI is InChI=1S/C20H17N9O/c21-16-15-17(28(26-24-15)11-13-7-3-1-4-8-13)23-18(22)20(16)19(30)29(27-25-20)12-14-9-5-2-6-10-14/h1-10,21H,11-12H2,(H2,22,23). The lowest BCUT2D eigenvalue weighted by Crippen LogP contribution is -2.57. The summed E-state index contributed by atoms with van der Waals surface area (Å²) >= 11 is 0. The molecule has 30 heavy (non-hydrogen) atoms. The van der Waals surface area contributed by atoms with Crippen LogP contribution in [0.25, 0.3) is 0 Å². The molecule has 3 N–H and O–H groups in total. The molecule has 3 heterocycles. The van der Waals surface area contributed by atoms with Crippen molar-refractivity contribution < 1.29 is 4.79 Å². The molecule has 0 bridgehead atoms. The van der Waals surface area contributed by atoms with E-state index in [1.807, 2.05) is 60.7 Å². The van der Waals surface area contributed by atoms with Gasteiger partial charge in [0.05, 0.1) is 13.1 Å². The number of aliphatic imine (C=N–C) groups is 1. The van der Waals surface area contributed by atoms with Gasteiger partial charge in [0, 0.05) is 0 Å². The predicted molar refractivity (Wildman–Crippen MR) is 108 cm³/mol. The second-order valence-electron chi connectivity index (χ2n) is 7.03. The molecule has 148 valence electrons. The Morgan fingerprint density at radius 2 is 1.60 bits per heavy atom. The Hall–Kier alpha value is -4.21. The molecule has 1 spiro atoms. The number of rotatable bonds is 4. The van der Waals surface area contributed by atoms with E-state index in [-0.39, 0.29) is 23.8 Å². The monoisotopic (exact) mass is 399 g/mol. The summed E-state index contributed by atoms with van der Waals surface area (Å²) in [6.07, 6.45) is 0. The van der Waals surface area contributed by atoms with Gasteiger partial charge in [-0.05, 0) is 11.1 Å². The van der Waals surface area contributed by atoms with Crippen LogP contribution in [0.1, 0.15) is 16.8 Å². The highest BCUT2D eigenvalue weighted by molar-refractivity contribution is 6.37. The van der Waals surface area contributed by atoms with Crippen LogP contribution in [0.15, 0.2) is 76.0 Å². The lowest BCUT2D eigenvalue weighted by atomic mass is 9.87. The third-order valence-electron chi connectivity index (χ3n) is 5.10. The molecule has 1 amide bonds. The number of nitrogens with zero attached hydrogens (tertiary/aromatic N) is 7. The fourth-order valence-electron chi connectivity index (χ4n) is 3.51. The number of amidine groups is 1. The summed E-state index contributed by atoms with van der Waals surface area (Å²) in [4.78, 5) is 17.6. The maximum atomic E-state index is 13.2. The highest BCUT2D eigenvalue weighted by Gasteiger charge is 2.57. The van der Waals surface area contributed by atoms with Crippen LogP contribution in [0.4, 0.5) is 5.82 Å². The zero-order valence-corrected chi connectivity index (χ0v) is 15.8. The van der Waals surface area contributed by atoms with E-state index in [0.717, 1.165) is 11.1 Å². The molecule has 3 aromatic rings. The third-order valence-corrected chi connectivity index (χ3v) is 5.10. The maximum absolute atomic E-state index is 13.2. The van der Waals surface area contributed by atoms with E-state index < -0.39 is 11.4 Å². The number of hydrogen-bond acceptors (Lipinski definition) is 8. The first kappa shape index (κ1) is 17.9. The van der Waals surface area contributed by atoms with Crippen LogP contribution < -0.4 is 5.73 Å². The molecule has 1 aromatic heterocycles. The van der Waals surface area contributed by atoms with Crippen LogP contribution in [0.2, 0.25) is 0 Å². The number of hydrogen-bond donors (Lipinski definition) is 2. The first-order valence-corrected chi connectivity index (χ1v) is 9.30. The van der Waals surface area contributed by atoms with E-state index in [0.29, 0.717) is 12.4 Å². The van der Waals surface area contributed by atoms with Gasteiger partial charge in [-0.15, -0.1) is 10.2 Å². The lowest BCUT2D eigenvalue weighted by Gasteiger charge is -2.26. The molecule has 2 aliphatic heterocycles.